The van der Waals surface area contributed by atoms with E-state index in [0.717, 1.165) is 22.5 Å². The van der Waals surface area contributed by atoms with Crippen molar-refractivity contribution in [3.63, 3.8) is 0 Å². The smallest absolute Gasteiger partial charge is 0.283 e. The molecule has 0 unspecified atom stereocenters. The molecule has 3 N–H and O–H groups in total. The maximum atomic E-state index is 12.2. The Balaban J connectivity index is 1.60. The van der Waals surface area contributed by atoms with Gasteiger partial charge in [0, 0.05) is 5.02 Å². The van der Waals surface area contributed by atoms with Gasteiger partial charge in [-0.25, -0.2) is 10.4 Å². The number of nitrogen functional groups attached to an aromatic ring is 1. The maximum Gasteiger partial charge on any atom is 0.283 e. The minimum absolute atomic E-state index is 0.323. The SMILES string of the molecule is CCc1nc(N)sc1C(=O)NN=Cc1cccc(OCc2cccc(Cl)c2)c1. The van der Waals surface area contributed by atoms with Crippen molar-refractivity contribution < 1.29 is 9.53 Å². The topological polar surface area (TPSA) is 89.6 Å². The van der Waals surface area contributed by atoms with Crippen molar-refractivity contribution in [1.29, 1.82) is 0 Å². The lowest BCUT2D eigenvalue weighted by Gasteiger charge is -2.07. The Kier molecular flexibility index (Phi) is 6.62. The molecule has 28 heavy (non-hydrogen) atoms. The van der Waals surface area contributed by atoms with Crippen LogP contribution in [0.1, 0.15) is 33.4 Å². The minimum atomic E-state index is -0.323. The van der Waals surface area contributed by atoms with Gasteiger partial charge in [0.1, 0.15) is 17.2 Å². The van der Waals surface area contributed by atoms with Crippen LogP contribution in [0, 0.1) is 0 Å². The summed E-state index contributed by atoms with van der Waals surface area (Å²) in [5, 5.41) is 5.06. The molecule has 6 nitrogen and oxygen atoms in total. The fourth-order valence-corrected chi connectivity index (χ4v) is 3.51. The summed E-state index contributed by atoms with van der Waals surface area (Å²) in [4.78, 5) is 16.9. The standard InChI is InChI=1S/C20H19ClN4O2S/c1-2-17-18(28-20(22)24-17)19(26)25-23-11-13-5-4-8-16(10-13)27-12-14-6-3-7-15(21)9-14/h3-11H,2,12H2,1H3,(H2,22,24)(H,25,26). The van der Waals surface area contributed by atoms with Gasteiger partial charge in [0.25, 0.3) is 5.91 Å². The van der Waals surface area contributed by atoms with Gasteiger partial charge in [-0.2, -0.15) is 5.10 Å². The van der Waals surface area contributed by atoms with Gasteiger partial charge in [-0.05, 0) is 41.8 Å². The first-order chi connectivity index (χ1) is 13.5. The molecule has 1 aromatic heterocycles. The average Bonchev–Trinajstić information content (AvgIpc) is 3.08. The van der Waals surface area contributed by atoms with E-state index in [4.69, 9.17) is 22.1 Å². The molecule has 144 valence electrons. The molecule has 1 heterocycles. The summed E-state index contributed by atoms with van der Waals surface area (Å²) >= 11 is 7.13. The van der Waals surface area contributed by atoms with Crippen molar-refractivity contribution in [2.45, 2.75) is 20.0 Å². The molecular formula is C20H19ClN4O2S. The number of carbonyl (C=O) groups is 1. The summed E-state index contributed by atoms with van der Waals surface area (Å²) in [6, 6.07) is 14.9. The summed E-state index contributed by atoms with van der Waals surface area (Å²) in [6.07, 6.45) is 2.19. The highest BCUT2D eigenvalue weighted by atomic mass is 35.5. The van der Waals surface area contributed by atoms with Crippen LogP contribution >= 0.6 is 22.9 Å². The number of hydrogen-bond acceptors (Lipinski definition) is 6. The van der Waals surface area contributed by atoms with Crippen molar-refractivity contribution >= 4 is 40.2 Å². The number of thiazole rings is 1. The fraction of sp³-hybridized carbons (Fsp3) is 0.150. The lowest BCUT2D eigenvalue weighted by Crippen LogP contribution is -2.17. The number of ether oxygens (including phenoxy) is 1. The minimum Gasteiger partial charge on any atom is -0.489 e. The zero-order valence-corrected chi connectivity index (χ0v) is 16.8. The van der Waals surface area contributed by atoms with Crippen molar-refractivity contribution in [2.24, 2.45) is 5.10 Å². The Morgan fingerprint density at radius 1 is 1.32 bits per heavy atom. The quantitative estimate of drug-likeness (QED) is 0.446. The molecule has 0 fully saturated rings. The number of aryl methyl sites for hydroxylation is 1. The molecule has 8 heteroatoms. The highest BCUT2D eigenvalue weighted by molar-refractivity contribution is 7.17. The van der Waals surface area contributed by atoms with E-state index in [-0.39, 0.29) is 5.91 Å². The molecule has 0 aliphatic carbocycles. The second-order valence-corrected chi connectivity index (χ2v) is 7.34. The van der Waals surface area contributed by atoms with Gasteiger partial charge in [-0.1, -0.05) is 54.1 Å². The molecule has 0 spiro atoms. The zero-order valence-electron chi connectivity index (χ0n) is 15.2. The van der Waals surface area contributed by atoms with Gasteiger partial charge in [-0.3, -0.25) is 4.79 Å². The van der Waals surface area contributed by atoms with Gasteiger partial charge < -0.3 is 10.5 Å². The number of aromatic nitrogens is 1. The monoisotopic (exact) mass is 414 g/mol. The molecule has 3 rings (SSSR count). The van der Waals surface area contributed by atoms with E-state index in [1.165, 1.54) is 0 Å². The molecule has 0 saturated carbocycles. The van der Waals surface area contributed by atoms with Crippen LogP contribution < -0.4 is 15.9 Å². The Bertz CT molecular complexity index is 1000. The average molecular weight is 415 g/mol. The zero-order chi connectivity index (χ0) is 19.9. The number of benzene rings is 2. The molecule has 0 radical (unpaired) electrons. The van der Waals surface area contributed by atoms with Crippen LogP contribution in [0.15, 0.2) is 53.6 Å². The molecule has 0 atom stereocenters. The van der Waals surface area contributed by atoms with E-state index < -0.39 is 0 Å². The van der Waals surface area contributed by atoms with Gasteiger partial charge >= 0.3 is 0 Å². The van der Waals surface area contributed by atoms with Crippen LogP contribution in [-0.4, -0.2) is 17.1 Å². The molecular weight excluding hydrogens is 396 g/mol. The number of anilines is 1. The number of nitrogens with zero attached hydrogens (tertiary/aromatic N) is 2. The third-order valence-corrected chi connectivity index (χ3v) is 4.95. The molecule has 0 aliphatic heterocycles. The lowest BCUT2D eigenvalue weighted by molar-refractivity contribution is 0.0958. The number of amides is 1. The van der Waals surface area contributed by atoms with Crippen LogP contribution in [-0.2, 0) is 13.0 Å². The summed E-state index contributed by atoms with van der Waals surface area (Å²) < 4.78 is 5.79. The van der Waals surface area contributed by atoms with E-state index >= 15 is 0 Å². The van der Waals surface area contributed by atoms with Crippen LogP contribution in [0.3, 0.4) is 0 Å². The largest absolute Gasteiger partial charge is 0.489 e. The predicted molar refractivity (Wildman–Crippen MR) is 113 cm³/mol. The number of halogens is 1. The number of hydrazone groups is 1. The van der Waals surface area contributed by atoms with Crippen LogP contribution in [0.2, 0.25) is 5.02 Å². The van der Waals surface area contributed by atoms with Crippen molar-refractivity contribution in [3.8, 4) is 5.75 Å². The van der Waals surface area contributed by atoms with Crippen molar-refractivity contribution in [2.75, 3.05) is 5.73 Å². The summed E-state index contributed by atoms with van der Waals surface area (Å²) in [5.41, 5.74) is 10.6. The third-order valence-electron chi connectivity index (χ3n) is 3.79. The third kappa shape index (κ3) is 5.31. The Morgan fingerprint density at radius 2 is 2.14 bits per heavy atom. The Morgan fingerprint density at radius 3 is 2.93 bits per heavy atom. The van der Waals surface area contributed by atoms with E-state index in [0.29, 0.717) is 39.5 Å². The molecule has 3 aromatic rings. The molecule has 2 aromatic carbocycles. The highest BCUT2D eigenvalue weighted by Gasteiger charge is 2.15. The summed E-state index contributed by atoms with van der Waals surface area (Å²) in [6.45, 7) is 2.33. The Hall–Kier alpha value is -2.90. The van der Waals surface area contributed by atoms with E-state index in [1.807, 2.05) is 55.5 Å². The van der Waals surface area contributed by atoms with E-state index in [9.17, 15) is 4.79 Å². The fourth-order valence-electron chi connectivity index (χ4n) is 2.48. The van der Waals surface area contributed by atoms with Gasteiger partial charge in [0.05, 0.1) is 11.9 Å². The first kappa shape index (κ1) is 19.9. The van der Waals surface area contributed by atoms with Crippen LogP contribution in [0.4, 0.5) is 5.13 Å². The molecule has 0 bridgehead atoms. The second kappa shape index (κ2) is 9.34. The number of nitrogens with two attached hydrogens (primary N) is 1. The van der Waals surface area contributed by atoms with Crippen LogP contribution in [0.25, 0.3) is 0 Å². The van der Waals surface area contributed by atoms with E-state index in [1.54, 1.807) is 6.21 Å². The number of rotatable bonds is 7. The first-order valence-corrected chi connectivity index (χ1v) is 9.80. The molecule has 1 amide bonds. The maximum absolute atomic E-state index is 12.2. The van der Waals surface area contributed by atoms with E-state index in [2.05, 4.69) is 15.5 Å². The van der Waals surface area contributed by atoms with Gasteiger partial charge in [-0.15, -0.1) is 0 Å². The molecule has 0 aliphatic rings. The van der Waals surface area contributed by atoms with Crippen LogP contribution in [0.5, 0.6) is 5.75 Å². The lowest BCUT2D eigenvalue weighted by atomic mass is 10.2. The number of hydrogen-bond donors (Lipinski definition) is 2. The van der Waals surface area contributed by atoms with Gasteiger partial charge in [0.15, 0.2) is 5.13 Å². The number of carbonyl (C=O) groups excluding carboxylic acids is 1. The molecule has 0 saturated heterocycles. The predicted octanol–water partition coefficient (Wildman–Crippen LogP) is 4.28. The number of nitrogens with one attached hydrogen (secondary N) is 1. The summed E-state index contributed by atoms with van der Waals surface area (Å²) in [5.74, 6) is 0.370. The Labute approximate surface area is 172 Å². The normalized spacial score (nSPS) is 10.9. The second-order valence-electron chi connectivity index (χ2n) is 5.87. The van der Waals surface area contributed by atoms with Gasteiger partial charge in [0.2, 0.25) is 0 Å². The van der Waals surface area contributed by atoms with Crippen molar-refractivity contribution in [3.05, 3.63) is 75.3 Å². The highest BCUT2D eigenvalue weighted by Crippen LogP contribution is 2.21. The first-order valence-electron chi connectivity index (χ1n) is 8.61. The summed E-state index contributed by atoms with van der Waals surface area (Å²) in [7, 11) is 0. The van der Waals surface area contributed by atoms with Crippen molar-refractivity contribution in [1.82, 2.24) is 10.4 Å².